The molecule has 23 heavy (non-hydrogen) atoms. The van der Waals surface area contributed by atoms with E-state index in [-0.39, 0.29) is 5.91 Å². The van der Waals surface area contributed by atoms with Crippen molar-refractivity contribution < 1.29 is 4.79 Å². The zero-order chi connectivity index (χ0) is 16.1. The van der Waals surface area contributed by atoms with Crippen LogP contribution in [0.15, 0.2) is 82.8 Å². The van der Waals surface area contributed by atoms with E-state index < -0.39 is 0 Å². The first-order valence-electron chi connectivity index (χ1n) is 6.96. The Kier molecular flexibility index (Phi) is 4.95. The lowest BCUT2D eigenvalue weighted by Gasteiger charge is -2.10. The van der Waals surface area contributed by atoms with Gasteiger partial charge in [-0.25, -0.2) is 0 Å². The SMILES string of the molecule is O=C(Nc1ccccc1Sc1ccc(Cl)cc1)c1cccnc1. The summed E-state index contributed by atoms with van der Waals surface area (Å²) >= 11 is 7.48. The lowest BCUT2D eigenvalue weighted by atomic mass is 10.2. The molecule has 3 aromatic rings. The molecule has 0 aliphatic carbocycles. The number of rotatable bonds is 4. The summed E-state index contributed by atoms with van der Waals surface area (Å²) in [5.41, 5.74) is 1.29. The zero-order valence-corrected chi connectivity index (χ0v) is 13.6. The first-order chi connectivity index (χ1) is 11.2. The summed E-state index contributed by atoms with van der Waals surface area (Å²) in [6.07, 6.45) is 3.19. The van der Waals surface area contributed by atoms with Crippen LogP contribution in [0, 0.1) is 0 Å². The summed E-state index contributed by atoms with van der Waals surface area (Å²) in [5.74, 6) is -0.178. The molecule has 2 aromatic carbocycles. The molecule has 0 aliphatic heterocycles. The minimum atomic E-state index is -0.178. The van der Waals surface area contributed by atoms with Crippen LogP contribution >= 0.6 is 23.4 Å². The summed E-state index contributed by atoms with van der Waals surface area (Å²) in [6.45, 7) is 0. The van der Waals surface area contributed by atoms with Crippen molar-refractivity contribution >= 4 is 35.0 Å². The van der Waals surface area contributed by atoms with Gasteiger partial charge in [0, 0.05) is 27.2 Å². The molecule has 0 bridgehead atoms. The molecule has 0 radical (unpaired) electrons. The number of carbonyl (C=O) groups is 1. The quantitative estimate of drug-likeness (QED) is 0.715. The minimum Gasteiger partial charge on any atom is -0.321 e. The van der Waals surface area contributed by atoms with E-state index in [1.54, 1.807) is 36.3 Å². The molecule has 114 valence electrons. The lowest BCUT2D eigenvalue weighted by molar-refractivity contribution is 0.102. The Bertz CT molecular complexity index is 807. The topological polar surface area (TPSA) is 42.0 Å². The fraction of sp³-hybridized carbons (Fsp3) is 0. The maximum Gasteiger partial charge on any atom is 0.257 e. The van der Waals surface area contributed by atoms with Gasteiger partial charge in [-0.2, -0.15) is 0 Å². The molecular weight excluding hydrogens is 328 g/mol. The lowest BCUT2D eigenvalue weighted by Crippen LogP contribution is -2.12. The standard InChI is InChI=1S/C18H13ClN2OS/c19-14-7-9-15(10-8-14)23-17-6-2-1-5-16(17)21-18(22)13-4-3-11-20-12-13/h1-12H,(H,21,22). The Balaban J connectivity index is 1.80. The van der Waals surface area contributed by atoms with Crippen LogP contribution in [0.25, 0.3) is 0 Å². The molecule has 0 atom stereocenters. The number of nitrogens with one attached hydrogen (secondary N) is 1. The second kappa shape index (κ2) is 7.31. The van der Waals surface area contributed by atoms with Crippen LogP contribution in [0.1, 0.15) is 10.4 Å². The average Bonchev–Trinajstić information content (AvgIpc) is 2.59. The smallest absolute Gasteiger partial charge is 0.257 e. The Labute approximate surface area is 143 Å². The number of carbonyl (C=O) groups excluding carboxylic acids is 1. The normalized spacial score (nSPS) is 10.3. The third kappa shape index (κ3) is 4.12. The number of halogens is 1. The molecule has 1 heterocycles. The highest BCUT2D eigenvalue weighted by Gasteiger charge is 2.09. The number of aromatic nitrogens is 1. The fourth-order valence-corrected chi connectivity index (χ4v) is 3.01. The Morgan fingerprint density at radius 2 is 1.78 bits per heavy atom. The van der Waals surface area contributed by atoms with Crippen molar-refractivity contribution in [3.05, 3.63) is 83.6 Å². The van der Waals surface area contributed by atoms with Gasteiger partial charge in [-0.3, -0.25) is 9.78 Å². The van der Waals surface area contributed by atoms with Gasteiger partial charge in [-0.15, -0.1) is 0 Å². The van der Waals surface area contributed by atoms with Gasteiger partial charge in [0.25, 0.3) is 5.91 Å². The van der Waals surface area contributed by atoms with E-state index in [1.165, 1.54) is 0 Å². The number of amides is 1. The Morgan fingerprint density at radius 1 is 1.00 bits per heavy atom. The number of para-hydroxylation sites is 1. The average molecular weight is 341 g/mol. The van der Waals surface area contributed by atoms with E-state index in [4.69, 9.17) is 11.6 Å². The fourth-order valence-electron chi connectivity index (χ4n) is 1.98. The van der Waals surface area contributed by atoms with E-state index in [2.05, 4.69) is 10.3 Å². The monoisotopic (exact) mass is 340 g/mol. The van der Waals surface area contributed by atoms with Gasteiger partial charge in [0.15, 0.2) is 0 Å². The summed E-state index contributed by atoms with van der Waals surface area (Å²) in [5, 5.41) is 3.63. The van der Waals surface area contributed by atoms with Crippen molar-refractivity contribution in [3.8, 4) is 0 Å². The highest BCUT2D eigenvalue weighted by Crippen LogP contribution is 2.34. The first kappa shape index (κ1) is 15.6. The second-order valence-electron chi connectivity index (χ2n) is 4.75. The van der Waals surface area contributed by atoms with E-state index in [0.717, 1.165) is 15.5 Å². The van der Waals surface area contributed by atoms with Gasteiger partial charge in [-0.1, -0.05) is 35.5 Å². The molecule has 3 nitrogen and oxygen atoms in total. The van der Waals surface area contributed by atoms with E-state index in [1.807, 2.05) is 48.5 Å². The van der Waals surface area contributed by atoms with Crippen LogP contribution in [-0.4, -0.2) is 10.9 Å². The zero-order valence-electron chi connectivity index (χ0n) is 12.1. The summed E-state index contributed by atoms with van der Waals surface area (Å²) in [6, 6.07) is 18.8. The maximum atomic E-state index is 12.3. The van der Waals surface area contributed by atoms with Crippen LogP contribution in [0.3, 0.4) is 0 Å². The van der Waals surface area contributed by atoms with Crippen LogP contribution in [0.2, 0.25) is 5.02 Å². The molecule has 0 unspecified atom stereocenters. The Morgan fingerprint density at radius 3 is 2.52 bits per heavy atom. The van der Waals surface area contributed by atoms with Crippen molar-refractivity contribution in [1.29, 1.82) is 0 Å². The predicted molar refractivity (Wildman–Crippen MR) is 94.2 cm³/mol. The van der Waals surface area contributed by atoms with E-state index in [9.17, 15) is 4.79 Å². The van der Waals surface area contributed by atoms with Crippen molar-refractivity contribution in [3.63, 3.8) is 0 Å². The molecular formula is C18H13ClN2OS. The van der Waals surface area contributed by atoms with Crippen LogP contribution in [-0.2, 0) is 0 Å². The summed E-state index contributed by atoms with van der Waals surface area (Å²) < 4.78 is 0. The number of benzene rings is 2. The molecule has 1 N–H and O–H groups in total. The number of nitrogens with zero attached hydrogens (tertiary/aromatic N) is 1. The Hall–Kier alpha value is -2.30. The van der Waals surface area contributed by atoms with Crippen molar-refractivity contribution in [1.82, 2.24) is 4.98 Å². The molecule has 0 aliphatic rings. The molecule has 0 fully saturated rings. The van der Waals surface area contributed by atoms with Crippen LogP contribution in [0.5, 0.6) is 0 Å². The van der Waals surface area contributed by atoms with Gasteiger partial charge in [0.05, 0.1) is 11.3 Å². The number of hydrogen-bond donors (Lipinski definition) is 1. The van der Waals surface area contributed by atoms with Gasteiger partial charge in [0.2, 0.25) is 0 Å². The molecule has 0 saturated heterocycles. The number of pyridine rings is 1. The molecule has 0 saturated carbocycles. The molecule has 0 spiro atoms. The molecule has 1 amide bonds. The van der Waals surface area contributed by atoms with Crippen molar-refractivity contribution in [2.45, 2.75) is 9.79 Å². The number of anilines is 1. The van der Waals surface area contributed by atoms with Crippen molar-refractivity contribution in [2.24, 2.45) is 0 Å². The van der Waals surface area contributed by atoms with Crippen molar-refractivity contribution in [2.75, 3.05) is 5.32 Å². The predicted octanol–water partition coefficient (Wildman–Crippen LogP) is 5.14. The van der Waals surface area contributed by atoms with Gasteiger partial charge in [-0.05, 0) is 48.5 Å². The molecule has 3 rings (SSSR count). The highest BCUT2D eigenvalue weighted by atomic mass is 35.5. The third-order valence-corrected chi connectivity index (χ3v) is 4.44. The number of hydrogen-bond acceptors (Lipinski definition) is 3. The maximum absolute atomic E-state index is 12.3. The van der Waals surface area contributed by atoms with E-state index in [0.29, 0.717) is 10.6 Å². The van der Waals surface area contributed by atoms with Gasteiger partial charge >= 0.3 is 0 Å². The van der Waals surface area contributed by atoms with Crippen LogP contribution < -0.4 is 5.32 Å². The van der Waals surface area contributed by atoms with Crippen LogP contribution in [0.4, 0.5) is 5.69 Å². The van der Waals surface area contributed by atoms with Gasteiger partial charge < -0.3 is 5.32 Å². The largest absolute Gasteiger partial charge is 0.321 e. The molecule has 1 aromatic heterocycles. The summed E-state index contributed by atoms with van der Waals surface area (Å²) in [7, 11) is 0. The summed E-state index contributed by atoms with van der Waals surface area (Å²) in [4.78, 5) is 18.3. The first-order valence-corrected chi connectivity index (χ1v) is 8.15. The third-order valence-electron chi connectivity index (χ3n) is 3.10. The molecule has 5 heteroatoms. The highest BCUT2D eigenvalue weighted by molar-refractivity contribution is 7.99. The van der Waals surface area contributed by atoms with E-state index >= 15 is 0 Å². The second-order valence-corrected chi connectivity index (χ2v) is 6.30. The van der Waals surface area contributed by atoms with Gasteiger partial charge in [0.1, 0.15) is 0 Å². The minimum absolute atomic E-state index is 0.178.